The van der Waals surface area contributed by atoms with Crippen molar-refractivity contribution in [1.29, 1.82) is 5.26 Å². The third-order valence-electron chi connectivity index (χ3n) is 3.49. The van der Waals surface area contributed by atoms with E-state index in [-0.39, 0.29) is 5.41 Å². The fourth-order valence-corrected chi connectivity index (χ4v) is 3.08. The third kappa shape index (κ3) is 2.81. The molecule has 1 fully saturated rings. The summed E-state index contributed by atoms with van der Waals surface area (Å²) >= 11 is 3.60. The summed E-state index contributed by atoms with van der Waals surface area (Å²) in [6.45, 7) is 0.705. The number of para-hydroxylation sites is 1. The van der Waals surface area contributed by atoms with E-state index in [4.69, 9.17) is 10.00 Å². The van der Waals surface area contributed by atoms with Crippen LogP contribution in [0, 0.1) is 16.7 Å². The Bertz CT molecular complexity index is 418. The highest BCUT2D eigenvalue weighted by Crippen LogP contribution is 2.40. The van der Waals surface area contributed by atoms with E-state index < -0.39 is 0 Å². The predicted molar refractivity (Wildman–Crippen MR) is 71.3 cm³/mol. The van der Waals surface area contributed by atoms with Crippen LogP contribution in [0.5, 0.6) is 5.75 Å². The lowest BCUT2D eigenvalue weighted by Gasteiger charge is -2.26. The molecule has 0 atom stereocenters. The van der Waals surface area contributed by atoms with Gasteiger partial charge in [-0.05, 0) is 25.0 Å². The van der Waals surface area contributed by atoms with Gasteiger partial charge in [0.1, 0.15) is 11.8 Å². The first-order chi connectivity index (χ1) is 8.29. The number of benzene rings is 1. The van der Waals surface area contributed by atoms with Crippen molar-refractivity contribution < 1.29 is 4.74 Å². The first-order valence-corrected chi connectivity index (χ1v) is 7.10. The Kier molecular flexibility index (Phi) is 4.06. The first kappa shape index (κ1) is 12.4. The smallest absolute Gasteiger partial charge is 0.137 e. The molecule has 0 radical (unpaired) electrons. The Labute approximate surface area is 111 Å². The van der Waals surface area contributed by atoms with Gasteiger partial charge in [0.15, 0.2) is 0 Å². The molecule has 0 amide bonds. The topological polar surface area (TPSA) is 33.0 Å². The molecule has 1 aliphatic carbocycles. The summed E-state index contributed by atoms with van der Waals surface area (Å²) in [6.07, 6.45) is 5.00. The maximum atomic E-state index is 8.99. The largest absolute Gasteiger partial charge is 0.492 e. The molecule has 1 aromatic carbocycles. The summed E-state index contributed by atoms with van der Waals surface area (Å²) in [5.74, 6) is 0.710. The maximum Gasteiger partial charge on any atom is 0.137 e. The van der Waals surface area contributed by atoms with Gasteiger partial charge in [-0.3, -0.25) is 0 Å². The summed E-state index contributed by atoms with van der Waals surface area (Å²) in [4.78, 5) is 0. The van der Waals surface area contributed by atoms with Gasteiger partial charge in [-0.2, -0.15) is 5.26 Å². The molecule has 1 aromatic rings. The Balaban J connectivity index is 2.04. The monoisotopic (exact) mass is 293 g/mol. The van der Waals surface area contributed by atoms with Crippen molar-refractivity contribution in [1.82, 2.24) is 0 Å². The zero-order chi connectivity index (χ0) is 12.1. The SMILES string of the molecule is N#Cc1ccccc1OCC1(CBr)CCCC1. The van der Waals surface area contributed by atoms with Crippen LogP contribution in [0.15, 0.2) is 24.3 Å². The first-order valence-electron chi connectivity index (χ1n) is 5.98. The summed E-state index contributed by atoms with van der Waals surface area (Å²) in [6, 6.07) is 9.60. The van der Waals surface area contributed by atoms with Gasteiger partial charge < -0.3 is 4.74 Å². The van der Waals surface area contributed by atoms with Crippen molar-refractivity contribution in [3.63, 3.8) is 0 Å². The molecule has 0 saturated heterocycles. The zero-order valence-electron chi connectivity index (χ0n) is 9.79. The van der Waals surface area contributed by atoms with E-state index in [0.29, 0.717) is 17.9 Å². The Hall–Kier alpha value is -1.01. The number of nitriles is 1. The third-order valence-corrected chi connectivity index (χ3v) is 4.68. The van der Waals surface area contributed by atoms with Crippen LogP contribution in [0.2, 0.25) is 0 Å². The van der Waals surface area contributed by atoms with Crippen LogP contribution in [0.25, 0.3) is 0 Å². The molecule has 90 valence electrons. The molecule has 0 heterocycles. The van der Waals surface area contributed by atoms with E-state index in [9.17, 15) is 0 Å². The van der Waals surface area contributed by atoms with Crippen molar-refractivity contribution in [3.05, 3.63) is 29.8 Å². The average molecular weight is 294 g/mol. The minimum atomic E-state index is 0.266. The van der Waals surface area contributed by atoms with Gasteiger partial charge in [-0.15, -0.1) is 0 Å². The lowest BCUT2D eigenvalue weighted by molar-refractivity contribution is 0.173. The fraction of sp³-hybridized carbons (Fsp3) is 0.500. The number of nitrogens with zero attached hydrogens (tertiary/aromatic N) is 1. The van der Waals surface area contributed by atoms with Crippen LogP contribution in [0.1, 0.15) is 31.2 Å². The molecule has 0 bridgehead atoms. The summed E-state index contributed by atoms with van der Waals surface area (Å²) < 4.78 is 5.85. The molecule has 2 nitrogen and oxygen atoms in total. The van der Waals surface area contributed by atoms with Crippen LogP contribution in [0.3, 0.4) is 0 Å². The number of ether oxygens (including phenoxy) is 1. The second-order valence-corrected chi connectivity index (χ2v) is 5.30. The molecule has 0 unspecified atom stereocenters. The molecular formula is C14H16BrNO. The number of hydrogen-bond acceptors (Lipinski definition) is 2. The molecule has 0 aliphatic heterocycles. The highest BCUT2D eigenvalue weighted by molar-refractivity contribution is 9.09. The Morgan fingerprint density at radius 2 is 2.00 bits per heavy atom. The second kappa shape index (κ2) is 5.55. The predicted octanol–water partition coefficient (Wildman–Crippen LogP) is 3.89. The summed E-state index contributed by atoms with van der Waals surface area (Å²) in [7, 11) is 0. The second-order valence-electron chi connectivity index (χ2n) is 4.74. The molecule has 3 heteroatoms. The van der Waals surface area contributed by atoms with Gasteiger partial charge in [-0.1, -0.05) is 40.9 Å². The van der Waals surface area contributed by atoms with E-state index in [2.05, 4.69) is 22.0 Å². The van der Waals surface area contributed by atoms with Crippen molar-refractivity contribution in [2.24, 2.45) is 5.41 Å². The normalized spacial score (nSPS) is 17.6. The van der Waals surface area contributed by atoms with Crippen molar-refractivity contribution >= 4 is 15.9 Å². The lowest BCUT2D eigenvalue weighted by atomic mass is 9.90. The minimum Gasteiger partial charge on any atom is -0.492 e. The van der Waals surface area contributed by atoms with Crippen molar-refractivity contribution in [3.8, 4) is 11.8 Å². The molecule has 0 N–H and O–H groups in total. The Morgan fingerprint density at radius 3 is 2.65 bits per heavy atom. The Morgan fingerprint density at radius 1 is 1.29 bits per heavy atom. The van der Waals surface area contributed by atoms with E-state index in [1.165, 1.54) is 25.7 Å². The van der Waals surface area contributed by atoms with Gasteiger partial charge in [-0.25, -0.2) is 0 Å². The quantitative estimate of drug-likeness (QED) is 0.789. The fourth-order valence-electron chi connectivity index (χ4n) is 2.36. The van der Waals surface area contributed by atoms with E-state index in [1.807, 2.05) is 18.2 Å². The van der Waals surface area contributed by atoms with Crippen molar-refractivity contribution in [2.75, 3.05) is 11.9 Å². The number of rotatable bonds is 4. The van der Waals surface area contributed by atoms with Crippen LogP contribution in [0.4, 0.5) is 0 Å². The average Bonchev–Trinajstić information content (AvgIpc) is 2.86. The molecule has 17 heavy (non-hydrogen) atoms. The van der Waals surface area contributed by atoms with Crippen molar-refractivity contribution in [2.45, 2.75) is 25.7 Å². The van der Waals surface area contributed by atoms with Gasteiger partial charge in [0.05, 0.1) is 12.2 Å². The lowest BCUT2D eigenvalue weighted by Crippen LogP contribution is -2.27. The summed E-state index contributed by atoms with van der Waals surface area (Å²) in [5.41, 5.74) is 0.887. The van der Waals surface area contributed by atoms with Crippen LogP contribution in [-0.4, -0.2) is 11.9 Å². The molecule has 0 aromatic heterocycles. The van der Waals surface area contributed by atoms with Crippen LogP contribution < -0.4 is 4.74 Å². The maximum absolute atomic E-state index is 8.99. The van der Waals surface area contributed by atoms with Gasteiger partial charge in [0.25, 0.3) is 0 Å². The molecule has 0 spiro atoms. The standard InChI is InChI=1S/C14H16BrNO/c15-10-14(7-3-4-8-14)11-17-13-6-2-1-5-12(13)9-16/h1-2,5-6H,3-4,7-8,10-11H2. The van der Waals surface area contributed by atoms with Gasteiger partial charge in [0.2, 0.25) is 0 Å². The highest BCUT2D eigenvalue weighted by Gasteiger charge is 2.33. The highest BCUT2D eigenvalue weighted by atomic mass is 79.9. The number of alkyl halides is 1. The minimum absolute atomic E-state index is 0.266. The molecule has 1 aliphatic rings. The number of halogens is 1. The summed E-state index contributed by atoms with van der Waals surface area (Å²) in [5, 5.41) is 9.97. The van der Waals surface area contributed by atoms with Crippen LogP contribution in [-0.2, 0) is 0 Å². The van der Waals surface area contributed by atoms with Crippen LogP contribution >= 0.6 is 15.9 Å². The molecule has 1 saturated carbocycles. The number of hydrogen-bond donors (Lipinski definition) is 0. The van der Waals surface area contributed by atoms with E-state index in [0.717, 1.165) is 5.33 Å². The van der Waals surface area contributed by atoms with E-state index >= 15 is 0 Å². The van der Waals surface area contributed by atoms with Gasteiger partial charge in [0, 0.05) is 10.7 Å². The molecular weight excluding hydrogens is 278 g/mol. The zero-order valence-corrected chi connectivity index (χ0v) is 11.4. The van der Waals surface area contributed by atoms with E-state index in [1.54, 1.807) is 6.07 Å². The molecule has 2 rings (SSSR count). The van der Waals surface area contributed by atoms with Gasteiger partial charge >= 0.3 is 0 Å².